The molecule has 1 aromatic carbocycles. The van der Waals surface area contributed by atoms with Gasteiger partial charge >= 0.3 is 0 Å². The van der Waals surface area contributed by atoms with Gasteiger partial charge in [-0.3, -0.25) is 4.79 Å². The predicted molar refractivity (Wildman–Crippen MR) is 85.5 cm³/mol. The summed E-state index contributed by atoms with van der Waals surface area (Å²) in [6.45, 7) is 1.99. The number of carbonyl (C=O) groups excluding carboxylic acids is 1. The molecule has 1 heterocycles. The molecule has 118 valence electrons. The van der Waals surface area contributed by atoms with Gasteiger partial charge < -0.3 is 19.9 Å². The molecule has 0 fully saturated rings. The van der Waals surface area contributed by atoms with Crippen molar-refractivity contribution in [1.29, 1.82) is 0 Å². The number of methoxy groups -OCH3 is 1. The van der Waals surface area contributed by atoms with Crippen LogP contribution in [0.25, 0.3) is 0 Å². The quantitative estimate of drug-likeness (QED) is 0.821. The molecule has 0 aliphatic carbocycles. The zero-order valence-electron chi connectivity index (χ0n) is 12.5. The summed E-state index contributed by atoms with van der Waals surface area (Å²) in [5.74, 6) is 0.946. The van der Waals surface area contributed by atoms with Crippen molar-refractivity contribution < 1.29 is 19.4 Å². The lowest BCUT2D eigenvalue weighted by Crippen LogP contribution is -2.32. The van der Waals surface area contributed by atoms with Crippen molar-refractivity contribution in [3.63, 3.8) is 0 Å². The Balaban J connectivity index is 1.77. The topological polar surface area (TPSA) is 67.8 Å². The van der Waals surface area contributed by atoms with Crippen LogP contribution in [0.4, 0.5) is 0 Å². The van der Waals surface area contributed by atoms with Gasteiger partial charge in [-0.25, -0.2) is 0 Å². The Hall–Kier alpha value is -2.05. The van der Waals surface area contributed by atoms with Crippen molar-refractivity contribution in [3.05, 3.63) is 46.2 Å². The Kier molecular flexibility index (Phi) is 5.80. The first-order valence-corrected chi connectivity index (χ1v) is 7.73. The van der Waals surface area contributed by atoms with E-state index in [-0.39, 0.29) is 19.1 Å². The molecule has 0 spiro atoms. The largest absolute Gasteiger partial charge is 0.497 e. The smallest absolute Gasteiger partial charge is 0.258 e. The highest BCUT2D eigenvalue weighted by molar-refractivity contribution is 7.10. The van der Waals surface area contributed by atoms with Gasteiger partial charge in [-0.05, 0) is 36.1 Å². The number of rotatable bonds is 7. The third-order valence-electron chi connectivity index (χ3n) is 3.11. The van der Waals surface area contributed by atoms with Gasteiger partial charge in [0, 0.05) is 17.5 Å². The number of ether oxygens (including phenoxy) is 2. The van der Waals surface area contributed by atoms with Gasteiger partial charge in [-0.1, -0.05) is 6.07 Å². The van der Waals surface area contributed by atoms with E-state index in [2.05, 4.69) is 5.32 Å². The maximum atomic E-state index is 11.8. The van der Waals surface area contributed by atoms with E-state index in [0.717, 1.165) is 10.4 Å². The fourth-order valence-electron chi connectivity index (χ4n) is 1.92. The van der Waals surface area contributed by atoms with Crippen molar-refractivity contribution in [2.45, 2.75) is 13.0 Å². The summed E-state index contributed by atoms with van der Waals surface area (Å²) in [5, 5.41) is 14.6. The molecule has 0 saturated heterocycles. The first-order valence-electron chi connectivity index (χ1n) is 6.85. The second-order valence-electron chi connectivity index (χ2n) is 4.76. The number of hydrogen-bond donors (Lipinski definition) is 2. The van der Waals surface area contributed by atoms with Gasteiger partial charge in [0.1, 0.15) is 17.6 Å². The van der Waals surface area contributed by atoms with E-state index in [1.54, 1.807) is 31.4 Å². The molecule has 1 amide bonds. The SMILES string of the molecule is COc1cccc(OCC(=O)NCC(O)c2sccc2C)c1. The Morgan fingerprint density at radius 3 is 2.82 bits per heavy atom. The number of aryl methyl sites for hydroxylation is 1. The summed E-state index contributed by atoms with van der Waals surface area (Å²) in [6, 6.07) is 8.98. The lowest BCUT2D eigenvalue weighted by Gasteiger charge is -2.12. The zero-order valence-corrected chi connectivity index (χ0v) is 13.4. The highest BCUT2D eigenvalue weighted by atomic mass is 32.1. The highest BCUT2D eigenvalue weighted by Gasteiger charge is 2.13. The normalized spacial score (nSPS) is 11.8. The van der Waals surface area contributed by atoms with Gasteiger partial charge in [0.2, 0.25) is 0 Å². The molecule has 2 N–H and O–H groups in total. The molecule has 0 aliphatic heterocycles. The molecule has 2 aromatic rings. The molecule has 0 radical (unpaired) electrons. The molecule has 0 aliphatic rings. The number of carbonyl (C=O) groups is 1. The Morgan fingerprint density at radius 1 is 1.36 bits per heavy atom. The van der Waals surface area contributed by atoms with E-state index in [1.165, 1.54) is 11.3 Å². The van der Waals surface area contributed by atoms with Gasteiger partial charge in [0.15, 0.2) is 6.61 Å². The van der Waals surface area contributed by atoms with E-state index < -0.39 is 6.10 Å². The predicted octanol–water partition coefficient (Wildman–Crippen LogP) is 2.29. The molecule has 2 rings (SSSR count). The van der Waals surface area contributed by atoms with E-state index in [4.69, 9.17) is 9.47 Å². The van der Waals surface area contributed by atoms with Crippen LogP contribution < -0.4 is 14.8 Å². The molecule has 0 bridgehead atoms. The average Bonchev–Trinajstić information content (AvgIpc) is 2.97. The minimum absolute atomic E-state index is 0.108. The monoisotopic (exact) mass is 321 g/mol. The zero-order chi connectivity index (χ0) is 15.9. The van der Waals surface area contributed by atoms with Crippen LogP contribution in [0, 0.1) is 6.92 Å². The van der Waals surface area contributed by atoms with Crippen molar-refractivity contribution in [3.8, 4) is 11.5 Å². The van der Waals surface area contributed by atoms with Crippen molar-refractivity contribution in [1.82, 2.24) is 5.32 Å². The van der Waals surface area contributed by atoms with Crippen molar-refractivity contribution in [2.75, 3.05) is 20.3 Å². The number of aliphatic hydroxyl groups excluding tert-OH is 1. The number of hydrogen-bond acceptors (Lipinski definition) is 5. The van der Waals surface area contributed by atoms with Gasteiger partial charge in [0.25, 0.3) is 5.91 Å². The summed E-state index contributed by atoms with van der Waals surface area (Å²) in [5.41, 5.74) is 1.03. The minimum atomic E-state index is -0.694. The summed E-state index contributed by atoms with van der Waals surface area (Å²) in [4.78, 5) is 12.6. The summed E-state index contributed by atoms with van der Waals surface area (Å²) >= 11 is 1.48. The maximum absolute atomic E-state index is 11.8. The number of amides is 1. The molecular formula is C16H19NO4S. The van der Waals surface area contributed by atoms with E-state index in [9.17, 15) is 9.90 Å². The van der Waals surface area contributed by atoms with Crippen molar-refractivity contribution >= 4 is 17.2 Å². The van der Waals surface area contributed by atoms with Crippen LogP contribution in [-0.2, 0) is 4.79 Å². The second-order valence-corrected chi connectivity index (χ2v) is 5.70. The van der Waals surface area contributed by atoms with Crippen LogP contribution in [0.2, 0.25) is 0 Å². The Morgan fingerprint density at radius 2 is 2.14 bits per heavy atom. The third kappa shape index (κ3) is 4.47. The van der Waals surface area contributed by atoms with Crippen LogP contribution in [0.3, 0.4) is 0 Å². The fourth-order valence-corrected chi connectivity index (χ4v) is 2.83. The van der Waals surface area contributed by atoms with Crippen LogP contribution in [0.5, 0.6) is 11.5 Å². The van der Waals surface area contributed by atoms with Gasteiger partial charge in [-0.15, -0.1) is 11.3 Å². The first-order chi connectivity index (χ1) is 10.6. The van der Waals surface area contributed by atoms with E-state index in [0.29, 0.717) is 11.5 Å². The van der Waals surface area contributed by atoms with Crippen LogP contribution >= 0.6 is 11.3 Å². The van der Waals surface area contributed by atoms with Gasteiger partial charge in [-0.2, -0.15) is 0 Å². The molecule has 1 atom stereocenters. The Labute approximate surface area is 133 Å². The lowest BCUT2D eigenvalue weighted by molar-refractivity contribution is -0.123. The summed E-state index contributed by atoms with van der Waals surface area (Å²) < 4.78 is 10.5. The van der Waals surface area contributed by atoms with E-state index >= 15 is 0 Å². The number of aliphatic hydroxyl groups is 1. The standard InChI is InChI=1S/C16H19NO4S/c1-11-6-7-22-16(11)14(18)9-17-15(19)10-21-13-5-3-4-12(8-13)20-2/h3-8,14,18H,9-10H2,1-2H3,(H,17,19). The van der Waals surface area contributed by atoms with Crippen LogP contribution in [-0.4, -0.2) is 31.3 Å². The van der Waals surface area contributed by atoms with Crippen LogP contribution in [0.15, 0.2) is 35.7 Å². The summed E-state index contributed by atoms with van der Waals surface area (Å²) in [7, 11) is 1.57. The lowest BCUT2D eigenvalue weighted by atomic mass is 10.2. The molecule has 0 saturated carbocycles. The highest BCUT2D eigenvalue weighted by Crippen LogP contribution is 2.23. The maximum Gasteiger partial charge on any atom is 0.258 e. The molecule has 6 heteroatoms. The van der Waals surface area contributed by atoms with Gasteiger partial charge in [0.05, 0.1) is 7.11 Å². The third-order valence-corrected chi connectivity index (χ3v) is 4.23. The van der Waals surface area contributed by atoms with Crippen LogP contribution in [0.1, 0.15) is 16.5 Å². The fraction of sp³-hybridized carbons (Fsp3) is 0.312. The Bertz CT molecular complexity index is 626. The molecule has 5 nitrogen and oxygen atoms in total. The number of benzene rings is 1. The van der Waals surface area contributed by atoms with Crippen molar-refractivity contribution in [2.24, 2.45) is 0 Å². The molecule has 1 aromatic heterocycles. The molecule has 1 unspecified atom stereocenters. The average molecular weight is 321 g/mol. The minimum Gasteiger partial charge on any atom is -0.497 e. The second kappa shape index (κ2) is 7.82. The number of nitrogens with one attached hydrogen (secondary N) is 1. The summed E-state index contributed by atoms with van der Waals surface area (Å²) in [6.07, 6.45) is -0.694. The molecular weight excluding hydrogens is 302 g/mol. The first kappa shape index (κ1) is 16.3. The van der Waals surface area contributed by atoms with E-state index in [1.807, 2.05) is 18.4 Å². The number of thiophene rings is 1. The molecule has 22 heavy (non-hydrogen) atoms.